The van der Waals surface area contributed by atoms with Gasteiger partial charge in [-0.1, -0.05) is 92.6 Å². The Morgan fingerprint density at radius 2 is 1.48 bits per heavy atom. The number of hydrogen-bond acceptors (Lipinski definition) is 7. The third kappa shape index (κ3) is 6.06. The van der Waals surface area contributed by atoms with Crippen molar-refractivity contribution >= 4 is 23.6 Å². The normalized spacial score (nSPS) is 39.7. The summed E-state index contributed by atoms with van der Waals surface area (Å²) in [7, 11) is 0. The Labute approximate surface area is 336 Å². The first-order chi connectivity index (χ1) is 25.9. The molecule has 5 saturated carbocycles. The van der Waals surface area contributed by atoms with Crippen LogP contribution in [0.1, 0.15) is 146 Å². The largest absolute Gasteiger partial charge is 0.462 e. The number of fused-ring (bicyclic) bond motifs is 7. The summed E-state index contributed by atoms with van der Waals surface area (Å²) >= 11 is 0. The fourth-order valence-electron chi connectivity index (χ4n) is 14.1. The van der Waals surface area contributed by atoms with Crippen LogP contribution < -0.4 is 11.1 Å². The molecule has 308 valence electrons. The summed E-state index contributed by atoms with van der Waals surface area (Å²) in [6, 6.07) is 9.70. The minimum absolute atomic E-state index is 0.0293. The number of Topliss-reactive ketones (excluding diaryl/α,β-unsaturated/α-hetero) is 1. The van der Waals surface area contributed by atoms with Crippen molar-refractivity contribution < 1.29 is 28.7 Å². The average molecular weight is 771 g/mol. The summed E-state index contributed by atoms with van der Waals surface area (Å²) in [4.78, 5) is 54.5. The molecule has 56 heavy (non-hydrogen) atoms. The maximum atomic E-state index is 14.0. The van der Waals surface area contributed by atoms with Crippen molar-refractivity contribution in [2.24, 2.45) is 68.3 Å². The minimum Gasteiger partial charge on any atom is -0.462 e. The van der Waals surface area contributed by atoms with Gasteiger partial charge in [0, 0.05) is 11.8 Å². The zero-order valence-electron chi connectivity index (χ0n) is 36.2. The van der Waals surface area contributed by atoms with Gasteiger partial charge in [-0.2, -0.15) is 0 Å². The molecular weight excluding hydrogens is 701 g/mol. The Hall–Kier alpha value is -3.00. The third-order valence-electron chi connectivity index (χ3n) is 17.6. The lowest BCUT2D eigenvalue weighted by Gasteiger charge is -2.72. The fourth-order valence-corrected chi connectivity index (χ4v) is 14.1. The molecule has 6 aliphatic carbocycles. The summed E-state index contributed by atoms with van der Waals surface area (Å²) in [6.45, 7) is 24.3. The fraction of sp³-hybridized carbons (Fsp3) is 0.750. The Morgan fingerprint density at radius 1 is 0.821 bits per heavy atom. The highest BCUT2D eigenvalue weighted by atomic mass is 16.5. The van der Waals surface area contributed by atoms with Gasteiger partial charge < -0.3 is 20.5 Å². The summed E-state index contributed by atoms with van der Waals surface area (Å²) in [5.41, 5.74) is 7.11. The lowest BCUT2D eigenvalue weighted by atomic mass is 9.33. The lowest BCUT2D eigenvalue weighted by Crippen LogP contribution is -2.68. The zero-order chi connectivity index (χ0) is 41.0. The van der Waals surface area contributed by atoms with Crippen molar-refractivity contribution in [1.29, 1.82) is 0 Å². The first kappa shape index (κ1) is 41.2. The van der Waals surface area contributed by atoms with Crippen LogP contribution in [0, 0.1) is 62.6 Å². The summed E-state index contributed by atoms with van der Waals surface area (Å²) in [6.07, 6.45) is 8.41. The number of hydrogen-bond donors (Lipinski definition) is 2. The maximum absolute atomic E-state index is 14.0. The van der Waals surface area contributed by atoms with Gasteiger partial charge in [0.2, 0.25) is 5.91 Å². The molecule has 1 aromatic carbocycles. The van der Waals surface area contributed by atoms with Crippen LogP contribution in [0.15, 0.2) is 41.5 Å². The molecule has 0 saturated heterocycles. The van der Waals surface area contributed by atoms with Gasteiger partial charge in [0.25, 0.3) is 0 Å². The van der Waals surface area contributed by atoms with Crippen LogP contribution in [-0.4, -0.2) is 40.8 Å². The van der Waals surface area contributed by atoms with Crippen LogP contribution in [0.5, 0.6) is 0 Å². The number of benzene rings is 1. The summed E-state index contributed by atoms with van der Waals surface area (Å²) < 4.78 is 12.2. The van der Waals surface area contributed by atoms with Crippen molar-refractivity contribution in [3.05, 3.63) is 47.0 Å². The highest BCUT2D eigenvalue weighted by Crippen LogP contribution is 2.76. The number of rotatable bonds is 8. The van der Waals surface area contributed by atoms with Crippen molar-refractivity contribution in [2.45, 2.75) is 164 Å². The standard InChI is InChI=1S/C48H70N2O6/c1-28(2)37-33(51)26-48(50-41(54)44(7,8)49)24-23-46(10)30(38(37)48)17-18-35-45(9)21-20-36(43(5,6)34(45)19-22-47(35,46)11)56-40(53)32-25-31(42(32,3)4)39(52)55-27-29-15-13-12-14-16-29/h12-16,28,30-32,34-36H,17-27,49H2,1-11H3,(H,50,54)/t30-,31-,32+,34+,35-,36+,45+,46-,47-,48-/m1/s1. The average Bonchev–Trinajstić information content (AvgIpc) is 3.40. The molecule has 8 heteroatoms. The highest BCUT2D eigenvalue weighted by Gasteiger charge is 2.70. The molecule has 0 spiro atoms. The Kier molecular flexibility index (Phi) is 9.94. The van der Waals surface area contributed by atoms with Gasteiger partial charge in [0.15, 0.2) is 5.78 Å². The molecule has 1 amide bonds. The van der Waals surface area contributed by atoms with E-state index >= 15 is 0 Å². The number of carbonyl (C=O) groups excluding carboxylic acids is 4. The van der Waals surface area contributed by atoms with Gasteiger partial charge in [0.05, 0.1) is 22.9 Å². The highest BCUT2D eigenvalue weighted by molar-refractivity contribution is 6.02. The molecule has 0 aliphatic heterocycles. The second-order valence-electron chi connectivity index (χ2n) is 22.0. The van der Waals surface area contributed by atoms with Crippen molar-refractivity contribution in [3.8, 4) is 0 Å². The van der Waals surface area contributed by atoms with E-state index in [0.29, 0.717) is 24.7 Å². The number of nitrogens with one attached hydrogen (secondary N) is 1. The molecular formula is C48H70N2O6. The van der Waals surface area contributed by atoms with E-state index in [-0.39, 0.29) is 81.7 Å². The molecule has 0 unspecified atom stereocenters. The maximum Gasteiger partial charge on any atom is 0.309 e. The second kappa shape index (κ2) is 13.5. The molecule has 7 rings (SSSR count). The van der Waals surface area contributed by atoms with Crippen LogP contribution in [0.2, 0.25) is 0 Å². The Balaban J connectivity index is 1.08. The molecule has 3 N–H and O–H groups in total. The summed E-state index contributed by atoms with van der Waals surface area (Å²) in [5.74, 6) is 0.112. The van der Waals surface area contributed by atoms with Crippen LogP contribution in [0.3, 0.4) is 0 Å². The number of esters is 2. The molecule has 0 heterocycles. The molecule has 1 aromatic rings. The van der Waals surface area contributed by atoms with E-state index in [1.807, 2.05) is 44.2 Å². The number of allylic oxidation sites excluding steroid dienone is 1. The number of amides is 1. The van der Waals surface area contributed by atoms with E-state index in [0.717, 1.165) is 62.5 Å². The van der Waals surface area contributed by atoms with Crippen molar-refractivity contribution in [3.63, 3.8) is 0 Å². The van der Waals surface area contributed by atoms with Crippen LogP contribution in [-0.2, 0) is 35.3 Å². The zero-order valence-corrected chi connectivity index (χ0v) is 36.2. The summed E-state index contributed by atoms with van der Waals surface area (Å²) in [5, 5.41) is 3.40. The first-order valence-electron chi connectivity index (χ1n) is 21.7. The second-order valence-corrected chi connectivity index (χ2v) is 22.0. The van der Waals surface area contributed by atoms with Gasteiger partial charge in [0.1, 0.15) is 12.7 Å². The molecule has 6 aliphatic rings. The topological polar surface area (TPSA) is 125 Å². The Morgan fingerprint density at radius 3 is 2.11 bits per heavy atom. The number of carbonyl (C=O) groups is 4. The van der Waals surface area contributed by atoms with Gasteiger partial charge in [-0.3, -0.25) is 19.2 Å². The first-order valence-corrected chi connectivity index (χ1v) is 21.7. The molecule has 10 atom stereocenters. The molecule has 0 aromatic heterocycles. The van der Waals surface area contributed by atoms with E-state index in [4.69, 9.17) is 15.2 Å². The molecule has 5 fully saturated rings. The van der Waals surface area contributed by atoms with E-state index in [9.17, 15) is 19.2 Å². The van der Waals surface area contributed by atoms with E-state index < -0.39 is 16.5 Å². The van der Waals surface area contributed by atoms with Gasteiger partial charge in [-0.15, -0.1) is 0 Å². The number of nitrogens with two attached hydrogens (primary N) is 1. The van der Waals surface area contributed by atoms with E-state index in [1.165, 1.54) is 5.57 Å². The predicted octanol–water partition coefficient (Wildman–Crippen LogP) is 8.89. The molecule has 0 bridgehead atoms. The van der Waals surface area contributed by atoms with Crippen LogP contribution in [0.25, 0.3) is 0 Å². The predicted molar refractivity (Wildman–Crippen MR) is 218 cm³/mol. The monoisotopic (exact) mass is 771 g/mol. The lowest BCUT2D eigenvalue weighted by molar-refractivity contribution is -0.235. The van der Waals surface area contributed by atoms with Gasteiger partial charge in [-0.05, 0) is 134 Å². The smallest absolute Gasteiger partial charge is 0.309 e. The number of ketones is 1. The van der Waals surface area contributed by atoms with Crippen molar-refractivity contribution in [1.82, 2.24) is 5.32 Å². The van der Waals surface area contributed by atoms with E-state index in [1.54, 1.807) is 13.8 Å². The minimum atomic E-state index is -1.03. The van der Waals surface area contributed by atoms with Gasteiger partial charge >= 0.3 is 11.9 Å². The van der Waals surface area contributed by atoms with Crippen molar-refractivity contribution in [2.75, 3.05) is 0 Å². The quantitative estimate of drug-likeness (QED) is 0.253. The van der Waals surface area contributed by atoms with Gasteiger partial charge in [-0.25, -0.2) is 0 Å². The van der Waals surface area contributed by atoms with E-state index in [2.05, 4.69) is 53.8 Å². The molecule has 8 nitrogen and oxygen atoms in total. The molecule has 0 radical (unpaired) electrons. The third-order valence-corrected chi connectivity index (χ3v) is 17.6. The van der Waals surface area contributed by atoms with Crippen LogP contribution in [0.4, 0.5) is 0 Å². The van der Waals surface area contributed by atoms with Crippen LogP contribution >= 0.6 is 0 Å². The Bertz CT molecular complexity index is 1810. The SMILES string of the molecule is CC(C)C1=C2[C@H]3CC[C@@H]4[C@@]5(C)CC[C@H](OC(=O)[C@@H]6C[C@H](C(=O)OCc7ccccc7)C6(C)C)C(C)(C)[C@@H]5CC[C@@]4(C)[C@]3(C)CC[C@@]2(NC(=O)C(C)(C)N)CC1=O. The number of ether oxygens (including phenoxy) is 2.